The van der Waals surface area contributed by atoms with Gasteiger partial charge < -0.3 is 14.6 Å². The summed E-state index contributed by atoms with van der Waals surface area (Å²) in [7, 11) is 1.30. The van der Waals surface area contributed by atoms with Gasteiger partial charge in [-0.2, -0.15) is 0 Å². The van der Waals surface area contributed by atoms with Crippen LogP contribution in [0, 0.1) is 16.2 Å². The first-order valence-corrected chi connectivity index (χ1v) is 7.87. The topological polar surface area (TPSA) is 89.9 Å². The molecule has 0 saturated carbocycles. The smallest absolute Gasteiger partial charge is 0.311 e. The molecule has 0 fully saturated rings. The first kappa shape index (κ1) is 21.4. The summed E-state index contributed by atoms with van der Waals surface area (Å²) in [5.74, 6) is -1.90. The zero-order chi connectivity index (χ0) is 18.5. The van der Waals surface area contributed by atoms with Gasteiger partial charge in [0.2, 0.25) is 0 Å². The number of hydrogen-bond acceptors (Lipinski definition) is 5. The van der Waals surface area contributed by atoms with Crippen LogP contribution in [0.2, 0.25) is 0 Å². The minimum absolute atomic E-state index is 0.0702. The summed E-state index contributed by atoms with van der Waals surface area (Å²) < 4.78 is 10.0. The fraction of sp³-hybridized carbons (Fsp3) is 0.824. The van der Waals surface area contributed by atoms with Crippen molar-refractivity contribution < 1.29 is 29.0 Å². The second-order valence-electron chi connectivity index (χ2n) is 7.23. The summed E-state index contributed by atoms with van der Waals surface area (Å²) in [5.41, 5.74) is -3.10. The Labute approximate surface area is 138 Å². The molecule has 0 bridgehead atoms. The van der Waals surface area contributed by atoms with E-state index in [-0.39, 0.29) is 19.4 Å². The average Bonchev–Trinajstić information content (AvgIpc) is 2.45. The molecule has 0 aliphatic rings. The number of rotatable bonds is 9. The van der Waals surface area contributed by atoms with Gasteiger partial charge in [0.25, 0.3) is 0 Å². The molecule has 0 aromatic heterocycles. The molecule has 0 aliphatic carbocycles. The van der Waals surface area contributed by atoms with Crippen LogP contribution < -0.4 is 0 Å². The van der Waals surface area contributed by atoms with Crippen LogP contribution in [-0.4, -0.2) is 36.7 Å². The van der Waals surface area contributed by atoms with Gasteiger partial charge in [0.1, 0.15) is 0 Å². The third-order valence-electron chi connectivity index (χ3n) is 4.42. The van der Waals surface area contributed by atoms with Crippen molar-refractivity contribution >= 4 is 17.9 Å². The lowest BCUT2D eigenvalue weighted by Crippen LogP contribution is -2.43. The molecule has 0 radical (unpaired) electrons. The number of hydrogen-bond donors (Lipinski definition) is 1. The van der Waals surface area contributed by atoms with E-state index in [1.54, 1.807) is 34.6 Å². The SMILES string of the molecule is CCOC(=O)C(C)(CC(C)(C)C(=O)O)CC(C)(CC)C(=O)OC. The predicted molar refractivity (Wildman–Crippen MR) is 85.8 cm³/mol. The highest BCUT2D eigenvalue weighted by Gasteiger charge is 2.49. The van der Waals surface area contributed by atoms with Crippen LogP contribution in [0.25, 0.3) is 0 Å². The van der Waals surface area contributed by atoms with Gasteiger partial charge >= 0.3 is 17.9 Å². The van der Waals surface area contributed by atoms with Crippen LogP contribution in [0.5, 0.6) is 0 Å². The van der Waals surface area contributed by atoms with E-state index in [1.807, 2.05) is 6.92 Å². The number of carboxylic acids is 1. The third-order valence-corrected chi connectivity index (χ3v) is 4.42. The van der Waals surface area contributed by atoms with Gasteiger partial charge in [0.15, 0.2) is 0 Å². The molecule has 23 heavy (non-hydrogen) atoms. The monoisotopic (exact) mass is 330 g/mol. The number of carbonyl (C=O) groups excluding carboxylic acids is 2. The molecule has 2 atom stereocenters. The quantitative estimate of drug-likeness (QED) is 0.654. The van der Waals surface area contributed by atoms with Gasteiger partial charge in [-0.3, -0.25) is 14.4 Å². The first-order chi connectivity index (χ1) is 10.4. The number of esters is 2. The van der Waals surface area contributed by atoms with E-state index in [9.17, 15) is 19.5 Å². The summed E-state index contributed by atoms with van der Waals surface area (Å²) in [6.45, 7) is 10.2. The molecule has 134 valence electrons. The molecular weight excluding hydrogens is 300 g/mol. The number of aliphatic carboxylic acids is 1. The van der Waals surface area contributed by atoms with Gasteiger partial charge in [-0.15, -0.1) is 0 Å². The van der Waals surface area contributed by atoms with E-state index in [1.165, 1.54) is 7.11 Å². The van der Waals surface area contributed by atoms with E-state index in [0.29, 0.717) is 6.42 Å². The lowest BCUT2D eigenvalue weighted by atomic mass is 9.65. The maximum Gasteiger partial charge on any atom is 0.311 e. The van der Waals surface area contributed by atoms with Crippen molar-refractivity contribution in [3.8, 4) is 0 Å². The fourth-order valence-corrected chi connectivity index (χ4v) is 3.01. The lowest BCUT2D eigenvalue weighted by molar-refractivity contribution is -0.166. The Morgan fingerprint density at radius 3 is 1.78 bits per heavy atom. The summed E-state index contributed by atoms with van der Waals surface area (Å²) in [4.78, 5) is 36.1. The van der Waals surface area contributed by atoms with E-state index in [2.05, 4.69) is 0 Å². The Kier molecular flexibility index (Phi) is 7.26. The van der Waals surface area contributed by atoms with Crippen molar-refractivity contribution in [1.82, 2.24) is 0 Å². The van der Waals surface area contributed by atoms with Gasteiger partial charge in [-0.25, -0.2) is 0 Å². The highest BCUT2D eigenvalue weighted by Crippen LogP contribution is 2.45. The van der Waals surface area contributed by atoms with Crippen molar-refractivity contribution in [2.24, 2.45) is 16.2 Å². The van der Waals surface area contributed by atoms with Crippen LogP contribution in [0.1, 0.15) is 60.8 Å². The molecule has 0 spiro atoms. The minimum atomic E-state index is -1.12. The second kappa shape index (κ2) is 7.79. The van der Waals surface area contributed by atoms with Crippen LogP contribution in [-0.2, 0) is 23.9 Å². The van der Waals surface area contributed by atoms with Gasteiger partial charge in [-0.1, -0.05) is 6.92 Å². The lowest BCUT2D eigenvalue weighted by Gasteiger charge is -2.38. The number of carbonyl (C=O) groups is 3. The van der Waals surface area contributed by atoms with Crippen LogP contribution in [0.15, 0.2) is 0 Å². The fourth-order valence-electron chi connectivity index (χ4n) is 3.01. The second-order valence-corrected chi connectivity index (χ2v) is 7.23. The summed E-state index contributed by atoms with van der Waals surface area (Å²) >= 11 is 0. The predicted octanol–water partition coefficient (Wildman–Crippen LogP) is 3.04. The molecule has 0 heterocycles. The molecule has 0 amide bonds. The Morgan fingerprint density at radius 2 is 1.43 bits per heavy atom. The Bertz CT molecular complexity index is 456. The van der Waals surface area contributed by atoms with Crippen LogP contribution >= 0.6 is 0 Å². The number of carboxylic acid groups (broad SMARTS) is 1. The zero-order valence-corrected chi connectivity index (χ0v) is 15.3. The zero-order valence-electron chi connectivity index (χ0n) is 15.3. The molecular formula is C17H30O6. The molecule has 0 saturated heterocycles. The van der Waals surface area contributed by atoms with E-state index < -0.39 is 34.2 Å². The third kappa shape index (κ3) is 5.22. The van der Waals surface area contributed by atoms with Crippen LogP contribution in [0.3, 0.4) is 0 Å². The normalized spacial score (nSPS) is 16.8. The standard InChI is InChI=1S/C17H30O6/c1-8-16(5,13(20)22-7)11-17(6,14(21)23-9-2)10-15(3,4)12(18)19/h8-11H2,1-7H3,(H,18,19). The highest BCUT2D eigenvalue weighted by atomic mass is 16.5. The van der Waals surface area contributed by atoms with Crippen LogP contribution in [0.4, 0.5) is 0 Å². The van der Waals surface area contributed by atoms with E-state index >= 15 is 0 Å². The molecule has 0 aromatic rings. The Hall–Kier alpha value is -1.59. The molecule has 2 unspecified atom stereocenters. The molecule has 0 aromatic carbocycles. The summed E-state index contributed by atoms with van der Waals surface area (Å²) in [6, 6.07) is 0. The van der Waals surface area contributed by atoms with Gasteiger partial charge in [0.05, 0.1) is 30.0 Å². The van der Waals surface area contributed by atoms with E-state index in [4.69, 9.17) is 9.47 Å². The minimum Gasteiger partial charge on any atom is -0.481 e. The van der Waals surface area contributed by atoms with Crippen molar-refractivity contribution in [2.75, 3.05) is 13.7 Å². The molecule has 0 aliphatic heterocycles. The van der Waals surface area contributed by atoms with Gasteiger partial charge in [0, 0.05) is 0 Å². The highest BCUT2D eigenvalue weighted by molar-refractivity contribution is 5.82. The Balaban J connectivity index is 5.74. The van der Waals surface area contributed by atoms with Crippen molar-refractivity contribution in [2.45, 2.75) is 60.8 Å². The number of methoxy groups -OCH3 is 1. The van der Waals surface area contributed by atoms with E-state index in [0.717, 1.165) is 0 Å². The largest absolute Gasteiger partial charge is 0.481 e. The maximum absolute atomic E-state index is 12.5. The summed E-state index contributed by atoms with van der Waals surface area (Å²) in [5, 5.41) is 9.38. The number of ether oxygens (including phenoxy) is 2. The van der Waals surface area contributed by atoms with Crippen molar-refractivity contribution in [1.29, 1.82) is 0 Å². The van der Waals surface area contributed by atoms with Crippen molar-refractivity contribution in [3.63, 3.8) is 0 Å². The molecule has 0 rings (SSSR count). The van der Waals surface area contributed by atoms with Crippen molar-refractivity contribution in [3.05, 3.63) is 0 Å². The maximum atomic E-state index is 12.5. The Morgan fingerprint density at radius 1 is 0.913 bits per heavy atom. The average molecular weight is 330 g/mol. The van der Waals surface area contributed by atoms with Gasteiger partial charge in [-0.05, 0) is 53.9 Å². The molecule has 6 nitrogen and oxygen atoms in total. The summed E-state index contributed by atoms with van der Waals surface area (Å²) in [6.07, 6.45) is 0.710. The molecule has 6 heteroatoms. The molecule has 1 N–H and O–H groups in total. The first-order valence-electron chi connectivity index (χ1n) is 7.87.